The summed E-state index contributed by atoms with van der Waals surface area (Å²) >= 11 is 0. The van der Waals surface area contributed by atoms with Crippen LogP contribution in [0.3, 0.4) is 0 Å². The number of carbonyl (C=O) groups is 1. The number of phenolic OH excluding ortho intramolecular Hbond substituents is 1. The molecule has 2 rings (SSSR count). The average Bonchev–Trinajstić information content (AvgIpc) is 2.28. The van der Waals surface area contributed by atoms with Crippen LogP contribution in [-0.2, 0) is 4.74 Å². The van der Waals surface area contributed by atoms with Crippen LogP contribution in [0.2, 0.25) is 0 Å². The Morgan fingerprint density at radius 2 is 2.31 bits per heavy atom. The van der Waals surface area contributed by atoms with E-state index < -0.39 is 5.97 Å². The van der Waals surface area contributed by atoms with Gasteiger partial charge in [-0.15, -0.1) is 0 Å². The number of hydrogen-bond acceptors (Lipinski definition) is 4. The first kappa shape index (κ1) is 10.4. The predicted molar refractivity (Wildman–Crippen MR) is 59.4 cm³/mol. The van der Waals surface area contributed by atoms with Crippen LogP contribution in [0.15, 0.2) is 30.5 Å². The largest absolute Gasteiger partial charge is 0.508 e. The summed E-state index contributed by atoms with van der Waals surface area (Å²) in [4.78, 5) is 15.8. The second kappa shape index (κ2) is 4.18. The van der Waals surface area contributed by atoms with Gasteiger partial charge in [0.2, 0.25) is 0 Å². The molecule has 16 heavy (non-hydrogen) atoms. The number of esters is 1. The maximum atomic E-state index is 11.6. The Morgan fingerprint density at radius 1 is 1.50 bits per heavy atom. The van der Waals surface area contributed by atoms with Gasteiger partial charge >= 0.3 is 5.97 Å². The minimum atomic E-state index is -0.470. The van der Waals surface area contributed by atoms with Gasteiger partial charge < -0.3 is 9.84 Å². The number of hydrogen-bond donors (Lipinski definition) is 1. The molecule has 4 nitrogen and oxygen atoms in total. The van der Waals surface area contributed by atoms with Gasteiger partial charge in [-0.05, 0) is 25.1 Å². The lowest BCUT2D eigenvalue weighted by Crippen LogP contribution is -2.05. The molecule has 0 saturated carbocycles. The number of phenols is 1. The molecule has 2 aromatic rings. The minimum absolute atomic E-state index is 0.0311. The van der Waals surface area contributed by atoms with Crippen LogP contribution in [0.4, 0.5) is 0 Å². The van der Waals surface area contributed by atoms with Crippen molar-refractivity contribution in [3.63, 3.8) is 0 Å². The Morgan fingerprint density at radius 3 is 3.06 bits per heavy atom. The van der Waals surface area contributed by atoms with Gasteiger partial charge in [0.15, 0.2) is 0 Å². The van der Waals surface area contributed by atoms with E-state index in [0.717, 1.165) is 0 Å². The SMILES string of the molecule is CCOC(=O)c1cc(O)cc2cccnc12. The van der Waals surface area contributed by atoms with Crippen molar-refractivity contribution in [3.05, 3.63) is 36.0 Å². The number of carbonyl (C=O) groups excluding carboxylic acids is 1. The molecule has 0 atom stereocenters. The number of pyridine rings is 1. The van der Waals surface area contributed by atoms with Gasteiger partial charge in [0.05, 0.1) is 17.7 Å². The summed E-state index contributed by atoms with van der Waals surface area (Å²) in [6, 6.07) is 6.46. The first-order chi connectivity index (χ1) is 7.72. The van der Waals surface area contributed by atoms with Crippen LogP contribution >= 0.6 is 0 Å². The smallest absolute Gasteiger partial charge is 0.340 e. The van der Waals surface area contributed by atoms with Gasteiger partial charge in [-0.1, -0.05) is 6.07 Å². The van der Waals surface area contributed by atoms with E-state index in [4.69, 9.17) is 4.74 Å². The Labute approximate surface area is 92.5 Å². The molecular weight excluding hydrogens is 206 g/mol. The van der Waals surface area contributed by atoms with Gasteiger partial charge in [-0.3, -0.25) is 4.98 Å². The molecule has 1 aromatic heterocycles. The second-order valence-corrected chi connectivity index (χ2v) is 3.29. The van der Waals surface area contributed by atoms with E-state index >= 15 is 0 Å². The van der Waals surface area contributed by atoms with Crippen LogP contribution < -0.4 is 0 Å². The summed E-state index contributed by atoms with van der Waals surface area (Å²) < 4.78 is 4.90. The Bertz CT molecular complexity index is 537. The van der Waals surface area contributed by atoms with Gasteiger partial charge in [-0.25, -0.2) is 4.79 Å². The first-order valence-corrected chi connectivity index (χ1v) is 4.97. The van der Waals surface area contributed by atoms with Gasteiger partial charge in [0.1, 0.15) is 5.75 Å². The van der Waals surface area contributed by atoms with Crippen molar-refractivity contribution in [2.24, 2.45) is 0 Å². The summed E-state index contributed by atoms with van der Waals surface area (Å²) in [6.45, 7) is 2.03. The molecule has 82 valence electrons. The van der Waals surface area contributed by atoms with Crippen molar-refractivity contribution in [2.45, 2.75) is 6.92 Å². The zero-order chi connectivity index (χ0) is 11.5. The molecular formula is C12H11NO3. The summed E-state index contributed by atoms with van der Waals surface area (Å²) in [5.74, 6) is -0.439. The second-order valence-electron chi connectivity index (χ2n) is 3.29. The van der Waals surface area contributed by atoms with Gasteiger partial charge in [-0.2, -0.15) is 0 Å². The van der Waals surface area contributed by atoms with E-state index in [-0.39, 0.29) is 11.3 Å². The van der Waals surface area contributed by atoms with Crippen LogP contribution in [0, 0.1) is 0 Å². The fourth-order valence-electron chi connectivity index (χ4n) is 1.54. The lowest BCUT2D eigenvalue weighted by Gasteiger charge is -2.05. The zero-order valence-corrected chi connectivity index (χ0v) is 8.80. The number of ether oxygens (including phenoxy) is 1. The fourth-order valence-corrected chi connectivity index (χ4v) is 1.54. The predicted octanol–water partition coefficient (Wildman–Crippen LogP) is 2.12. The van der Waals surface area contributed by atoms with Crippen LogP contribution in [0.5, 0.6) is 5.75 Å². The summed E-state index contributed by atoms with van der Waals surface area (Å²) in [5, 5.41) is 10.2. The average molecular weight is 217 g/mol. The lowest BCUT2D eigenvalue weighted by atomic mass is 10.1. The Balaban J connectivity index is 2.63. The van der Waals surface area contributed by atoms with Crippen LogP contribution in [0.25, 0.3) is 10.9 Å². The molecule has 0 aliphatic carbocycles. The highest BCUT2D eigenvalue weighted by atomic mass is 16.5. The summed E-state index contributed by atoms with van der Waals surface area (Å²) in [5.41, 5.74) is 0.830. The number of aromatic nitrogens is 1. The van der Waals surface area contributed by atoms with Crippen molar-refractivity contribution in [1.29, 1.82) is 0 Å². The molecule has 0 bridgehead atoms. The van der Waals surface area contributed by atoms with Gasteiger partial charge in [0, 0.05) is 11.6 Å². The van der Waals surface area contributed by atoms with Crippen molar-refractivity contribution in [1.82, 2.24) is 4.98 Å². The number of nitrogens with zero attached hydrogens (tertiary/aromatic N) is 1. The van der Waals surface area contributed by atoms with Crippen molar-refractivity contribution in [2.75, 3.05) is 6.61 Å². The third-order valence-electron chi connectivity index (χ3n) is 2.18. The highest BCUT2D eigenvalue weighted by molar-refractivity contribution is 6.03. The fraction of sp³-hybridized carbons (Fsp3) is 0.167. The van der Waals surface area contributed by atoms with E-state index in [9.17, 15) is 9.90 Å². The van der Waals surface area contributed by atoms with Crippen molar-refractivity contribution < 1.29 is 14.6 Å². The molecule has 0 aliphatic rings. The van der Waals surface area contributed by atoms with Crippen molar-refractivity contribution >= 4 is 16.9 Å². The molecule has 0 radical (unpaired) electrons. The molecule has 0 aliphatic heterocycles. The lowest BCUT2D eigenvalue weighted by molar-refractivity contribution is 0.0528. The highest BCUT2D eigenvalue weighted by Gasteiger charge is 2.13. The zero-order valence-electron chi connectivity index (χ0n) is 8.80. The third kappa shape index (κ3) is 1.82. The quantitative estimate of drug-likeness (QED) is 0.783. The standard InChI is InChI=1S/C12H11NO3/c1-2-16-12(15)10-7-9(14)6-8-4-3-5-13-11(8)10/h3-7,14H,2H2,1H3. The topological polar surface area (TPSA) is 59.4 Å². The van der Waals surface area contributed by atoms with E-state index in [1.165, 1.54) is 6.07 Å². The molecule has 0 unspecified atom stereocenters. The molecule has 4 heteroatoms. The molecule has 0 amide bonds. The summed E-state index contributed by atoms with van der Waals surface area (Å²) in [7, 11) is 0. The maximum absolute atomic E-state index is 11.6. The van der Waals surface area contributed by atoms with Crippen molar-refractivity contribution in [3.8, 4) is 5.75 Å². The number of aromatic hydroxyl groups is 1. The minimum Gasteiger partial charge on any atom is -0.508 e. The molecule has 1 heterocycles. The molecule has 1 aromatic carbocycles. The number of fused-ring (bicyclic) bond motifs is 1. The Hall–Kier alpha value is -2.10. The van der Waals surface area contributed by atoms with Gasteiger partial charge in [0.25, 0.3) is 0 Å². The number of rotatable bonds is 2. The van der Waals surface area contributed by atoms with E-state index in [2.05, 4.69) is 4.98 Å². The molecule has 1 N–H and O–H groups in total. The highest BCUT2D eigenvalue weighted by Crippen LogP contribution is 2.23. The Kier molecular flexibility index (Phi) is 2.72. The normalized spacial score (nSPS) is 10.3. The molecule has 0 spiro atoms. The summed E-state index contributed by atoms with van der Waals surface area (Å²) in [6.07, 6.45) is 1.60. The van der Waals surface area contributed by atoms with E-state index in [1.807, 2.05) is 0 Å². The molecule has 0 saturated heterocycles. The monoisotopic (exact) mass is 217 g/mol. The van der Waals surface area contributed by atoms with Crippen LogP contribution in [-0.4, -0.2) is 22.7 Å². The number of benzene rings is 1. The third-order valence-corrected chi connectivity index (χ3v) is 2.18. The van der Waals surface area contributed by atoms with E-state index in [1.54, 1.807) is 31.3 Å². The molecule has 0 fully saturated rings. The maximum Gasteiger partial charge on any atom is 0.340 e. The first-order valence-electron chi connectivity index (χ1n) is 4.97. The van der Waals surface area contributed by atoms with E-state index in [0.29, 0.717) is 17.5 Å². The van der Waals surface area contributed by atoms with Crippen LogP contribution in [0.1, 0.15) is 17.3 Å².